The minimum atomic E-state index is -0.347. The zero-order valence-corrected chi connectivity index (χ0v) is 11.3. The molecule has 1 heterocycles. The van der Waals surface area contributed by atoms with Crippen LogP contribution in [0.15, 0.2) is 12.3 Å². The molecule has 0 fully saturated rings. The van der Waals surface area contributed by atoms with E-state index >= 15 is 0 Å². The molecule has 18 heavy (non-hydrogen) atoms. The maximum absolute atomic E-state index is 11.1. The molecule has 5 nitrogen and oxygen atoms in total. The summed E-state index contributed by atoms with van der Waals surface area (Å²) in [5.41, 5.74) is 12.9. The second kappa shape index (κ2) is 6.35. The fourth-order valence-corrected chi connectivity index (χ4v) is 1.92. The van der Waals surface area contributed by atoms with E-state index in [9.17, 15) is 4.79 Å². The van der Waals surface area contributed by atoms with Gasteiger partial charge >= 0.3 is 0 Å². The fourth-order valence-electron chi connectivity index (χ4n) is 1.92. The molecule has 0 unspecified atom stereocenters. The van der Waals surface area contributed by atoms with Crippen molar-refractivity contribution >= 4 is 11.7 Å². The maximum Gasteiger partial charge on any atom is 0.236 e. The smallest absolute Gasteiger partial charge is 0.236 e. The first-order valence-electron chi connectivity index (χ1n) is 6.12. The summed E-state index contributed by atoms with van der Waals surface area (Å²) < 4.78 is 0. The van der Waals surface area contributed by atoms with Crippen molar-refractivity contribution < 1.29 is 4.79 Å². The third-order valence-corrected chi connectivity index (χ3v) is 2.57. The van der Waals surface area contributed by atoms with E-state index < -0.39 is 0 Å². The van der Waals surface area contributed by atoms with E-state index in [1.807, 2.05) is 17.9 Å². The van der Waals surface area contributed by atoms with Crippen molar-refractivity contribution in [2.75, 3.05) is 18.0 Å². The molecule has 0 bridgehead atoms. The molecule has 0 aliphatic carbocycles. The van der Waals surface area contributed by atoms with Crippen LogP contribution in [0.3, 0.4) is 0 Å². The van der Waals surface area contributed by atoms with Gasteiger partial charge in [0.2, 0.25) is 5.91 Å². The van der Waals surface area contributed by atoms with Gasteiger partial charge in [-0.15, -0.1) is 0 Å². The maximum atomic E-state index is 11.1. The van der Waals surface area contributed by atoms with Gasteiger partial charge in [0, 0.05) is 19.3 Å². The first kappa shape index (κ1) is 14.4. The van der Waals surface area contributed by atoms with Gasteiger partial charge in [-0.05, 0) is 30.0 Å². The molecule has 0 atom stereocenters. The van der Waals surface area contributed by atoms with E-state index in [0.717, 1.165) is 23.5 Å². The monoisotopic (exact) mass is 250 g/mol. The Morgan fingerprint density at radius 2 is 2.17 bits per heavy atom. The lowest BCUT2D eigenvalue weighted by Crippen LogP contribution is -2.37. The third-order valence-electron chi connectivity index (χ3n) is 2.57. The Bertz CT molecular complexity index is 417. The second-order valence-corrected chi connectivity index (χ2v) is 4.93. The fraction of sp³-hybridized carbons (Fsp3) is 0.538. The topological polar surface area (TPSA) is 85.2 Å². The molecule has 1 aromatic heterocycles. The van der Waals surface area contributed by atoms with E-state index in [1.54, 1.807) is 6.20 Å². The Balaban J connectivity index is 3.00. The lowest BCUT2D eigenvalue weighted by molar-refractivity contribution is -0.116. The summed E-state index contributed by atoms with van der Waals surface area (Å²) in [5, 5.41) is 0. The predicted octanol–water partition coefficient (Wildman–Crippen LogP) is 0.796. The minimum Gasteiger partial charge on any atom is -0.368 e. The zero-order chi connectivity index (χ0) is 13.7. The lowest BCUT2D eigenvalue weighted by Gasteiger charge is -2.25. The molecule has 0 radical (unpaired) electrons. The number of aromatic nitrogens is 1. The molecule has 100 valence electrons. The van der Waals surface area contributed by atoms with Crippen molar-refractivity contribution in [3.8, 4) is 0 Å². The number of hydrogen-bond donors (Lipinski definition) is 2. The van der Waals surface area contributed by atoms with Gasteiger partial charge in [-0.1, -0.05) is 13.8 Å². The summed E-state index contributed by atoms with van der Waals surface area (Å²) in [6, 6.07) is 2.00. The van der Waals surface area contributed by atoms with Gasteiger partial charge in [-0.3, -0.25) is 4.79 Å². The van der Waals surface area contributed by atoms with Crippen molar-refractivity contribution in [3.05, 3.63) is 23.4 Å². The van der Waals surface area contributed by atoms with Gasteiger partial charge in [-0.2, -0.15) is 0 Å². The predicted molar refractivity (Wildman–Crippen MR) is 73.1 cm³/mol. The number of carbonyl (C=O) groups excluding carboxylic acids is 1. The molecular formula is C13H22N4O. The number of aryl methyl sites for hydroxylation is 1. The molecule has 1 rings (SSSR count). The summed E-state index contributed by atoms with van der Waals surface area (Å²) in [5.74, 6) is 0.888. The minimum absolute atomic E-state index is 0.188. The third kappa shape index (κ3) is 4.00. The van der Waals surface area contributed by atoms with E-state index in [2.05, 4.69) is 18.8 Å². The average molecular weight is 250 g/mol. The van der Waals surface area contributed by atoms with Gasteiger partial charge in [0.1, 0.15) is 5.82 Å². The molecule has 0 aliphatic rings. The van der Waals surface area contributed by atoms with E-state index in [1.165, 1.54) is 0 Å². The van der Waals surface area contributed by atoms with Gasteiger partial charge in [0.15, 0.2) is 0 Å². The molecule has 0 saturated carbocycles. The number of carbonyl (C=O) groups is 1. The Morgan fingerprint density at radius 1 is 1.50 bits per heavy atom. The van der Waals surface area contributed by atoms with Crippen molar-refractivity contribution in [2.24, 2.45) is 17.4 Å². The standard InChI is InChI=1S/C13H22N4O/c1-9(2)7-17(8-12(15)18)13-10(3)4-11(5-14)6-16-13/h4,6,9H,5,7-8,14H2,1-3H3,(H2,15,18). The summed E-state index contributed by atoms with van der Waals surface area (Å²) in [6.07, 6.45) is 1.75. The number of rotatable bonds is 6. The van der Waals surface area contributed by atoms with E-state index in [-0.39, 0.29) is 12.5 Å². The highest BCUT2D eigenvalue weighted by Crippen LogP contribution is 2.18. The molecule has 5 heteroatoms. The largest absolute Gasteiger partial charge is 0.368 e. The summed E-state index contributed by atoms with van der Waals surface area (Å²) >= 11 is 0. The molecule has 1 aromatic rings. The van der Waals surface area contributed by atoms with E-state index in [0.29, 0.717) is 12.5 Å². The number of amides is 1. The first-order chi connectivity index (χ1) is 8.43. The van der Waals surface area contributed by atoms with Crippen LogP contribution in [-0.2, 0) is 11.3 Å². The Kier molecular flexibility index (Phi) is 5.09. The Hall–Kier alpha value is -1.62. The number of primary amides is 1. The normalized spacial score (nSPS) is 10.7. The number of hydrogen-bond acceptors (Lipinski definition) is 4. The van der Waals surface area contributed by atoms with Crippen molar-refractivity contribution in [1.82, 2.24) is 4.98 Å². The van der Waals surface area contributed by atoms with Crippen LogP contribution in [0.5, 0.6) is 0 Å². The lowest BCUT2D eigenvalue weighted by atomic mass is 10.1. The van der Waals surface area contributed by atoms with Crippen LogP contribution in [0.1, 0.15) is 25.0 Å². The van der Waals surface area contributed by atoms with Crippen molar-refractivity contribution in [2.45, 2.75) is 27.3 Å². The van der Waals surface area contributed by atoms with Crippen LogP contribution in [0, 0.1) is 12.8 Å². The quantitative estimate of drug-likeness (QED) is 0.782. The number of anilines is 1. The number of nitrogens with zero attached hydrogens (tertiary/aromatic N) is 2. The highest BCUT2D eigenvalue weighted by Gasteiger charge is 2.14. The Morgan fingerprint density at radius 3 is 2.61 bits per heavy atom. The molecule has 1 amide bonds. The van der Waals surface area contributed by atoms with Gasteiger partial charge < -0.3 is 16.4 Å². The molecule has 4 N–H and O–H groups in total. The number of nitrogens with two attached hydrogens (primary N) is 2. The highest BCUT2D eigenvalue weighted by atomic mass is 16.1. The average Bonchev–Trinajstić information content (AvgIpc) is 2.26. The number of pyridine rings is 1. The van der Waals surface area contributed by atoms with Gasteiger partial charge in [-0.25, -0.2) is 4.98 Å². The Labute approximate surface area is 108 Å². The summed E-state index contributed by atoms with van der Waals surface area (Å²) in [7, 11) is 0. The van der Waals surface area contributed by atoms with Crippen LogP contribution in [0.25, 0.3) is 0 Å². The van der Waals surface area contributed by atoms with Crippen LogP contribution in [0.4, 0.5) is 5.82 Å². The molecular weight excluding hydrogens is 228 g/mol. The van der Waals surface area contributed by atoms with Gasteiger partial charge in [0.05, 0.1) is 6.54 Å². The summed E-state index contributed by atoms with van der Waals surface area (Å²) in [4.78, 5) is 17.4. The second-order valence-electron chi connectivity index (χ2n) is 4.93. The first-order valence-corrected chi connectivity index (χ1v) is 6.12. The van der Waals surface area contributed by atoms with Crippen LogP contribution >= 0.6 is 0 Å². The van der Waals surface area contributed by atoms with Crippen LogP contribution < -0.4 is 16.4 Å². The van der Waals surface area contributed by atoms with E-state index in [4.69, 9.17) is 11.5 Å². The molecule has 0 aliphatic heterocycles. The SMILES string of the molecule is Cc1cc(CN)cnc1N(CC(N)=O)CC(C)C. The van der Waals surface area contributed by atoms with Crippen LogP contribution in [0.2, 0.25) is 0 Å². The highest BCUT2D eigenvalue weighted by molar-refractivity contribution is 5.79. The van der Waals surface area contributed by atoms with Crippen LogP contribution in [-0.4, -0.2) is 24.0 Å². The summed E-state index contributed by atoms with van der Waals surface area (Å²) in [6.45, 7) is 7.56. The zero-order valence-electron chi connectivity index (χ0n) is 11.3. The molecule has 0 saturated heterocycles. The van der Waals surface area contributed by atoms with Crippen molar-refractivity contribution in [1.29, 1.82) is 0 Å². The molecule has 0 aromatic carbocycles. The van der Waals surface area contributed by atoms with Gasteiger partial charge in [0.25, 0.3) is 0 Å². The molecule has 0 spiro atoms. The van der Waals surface area contributed by atoms with Crippen molar-refractivity contribution in [3.63, 3.8) is 0 Å².